The summed E-state index contributed by atoms with van der Waals surface area (Å²) >= 11 is 0. The molecular formula is C41H25N3. The van der Waals surface area contributed by atoms with E-state index in [2.05, 4.69) is 118 Å². The van der Waals surface area contributed by atoms with Crippen LogP contribution in [0.2, 0.25) is 0 Å². The van der Waals surface area contributed by atoms with Gasteiger partial charge in [0.05, 0.1) is 11.4 Å². The van der Waals surface area contributed by atoms with Crippen molar-refractivity contribution < 1.29 is 0 Å². The zero-order chi connectivity index (χ0) is 29.0. The van der Waals surface area contributed by atoms with Crippen molar-refractivity contribution >= 4 is 43.1 Å². The van der Waals surface area contributed by atoms with Crippen molar-refractivity contribution in [3.8, 4) is 44.8 Å². The Morgan fingerprint density at radius 2 is 0.955 bits per heavy atom. The maximum Gasteiger partial charge on any atom is 0.0702 e. The zero-order valence-electron chi connectivity index (χ0n) is 23.8. The molecule has 0 amide bonds. The molecule has 0 saturated carbocycles. The minimum Gasteiger partial charge on any atom is -0.264 e. The second kappa shape index (κ2) is 9.82. The maximum atomic E-state index is 4.68. The quantitative estimate of drug-likeness (QED) is 0.201. The van der Waals surface area contributed by atoms with E-state index < -0.39 is 0 Å². The van der Waals surface area contributed by atoms with E-state index in [4.69, 9.17) is 0 Å². The number of hydrogen-bond acceptors (Lipinski definition) is 3. The molecule has 0 spiro atoms. The lowest BCUT2D eigenvalue weighted by atomic mass is 9.86. The monoisotopic (exact) mass is 559 g/mol. The minimum atomic E-state index is 0.944. The lowest BCUT2D eigenvalue weighted by Crippen LogP contribution is -1.92. The first kappa shape index (κ1) is 24.6. The van der Waals surface area contributed by atoms with E-state index in [0.717, 1.165) is 33.5 Å². The number of hydrogen-bond donors (Lipinski definition) is 0. The van der Waals surface area contributed by atoms with Gasteiger partial charge < -0.3 is 0 Å². The largest absolute Gasteiger partial charge is 0.264 e. The summed E-state index contributed by atoms with van der Waals surface area (Å²) in [4.78, 5) is 13.7. The van der Waals surface area contributed by atoms with Gasteiger partial charge in [-0.2, -0.15) is 0 Å². The van der Waals surface area contributed by atoms with Crippen molar-refractivity contribution in [1.82, 2.24) is 15.0 Å². The van der Waals surface area contributed by atoms with Crippen LogP contribution in [0, 0.1) is 0 Å². The average molecular weight is 560 g/mol. The van der Waals surface area contributed by atoms with Crippen LogP contribution < -0.4 is 0 Å². The van der Waals surface area contributed by atoms with E-state index in [-0.39, 0.29) is 0 Å². The van der Waals surface area contributed by atoms with Gasteiger partial charge in [0.25, 0.3) is 0 Å². The number of rotatable bonds is 4. The molecule has 9 aromatic rings. The Bertz CT molecular complexity index is 2420. The molecule has 9 rings (SSSR count). The van der Waals surface area contributed by atoms with E-state index in [0.29, 0.717) is 0 Å². The highest BCUT2D eigenvalue weighted by atomic mass is 14.7. The first-order valence-corrected chi connectivity index (χ1v) is 14.8. The molecule has 0 fully saturated rings. The third kappa shape index (κ3) is 3.87. The van der Waals surface area contributed by atoms with Gasteiger partial charge in [0.15, 0.2) is 0 Å². The normalized spacial score (nSPS) is 11.6. The van der Waals surface area contributed by atoms with Crippen LogP contribution in [0.3, 0.4) is 0 Å². The topological polar surface area (TPSA) is 38.7 Å². The van der Waals surface area contributed by atoms with E-state index in [9.17, 15) is 0 Å². The van der Waals surface area contributed by atoms with Gasteiger partial charge in [0.1, 0.15) is 0 Å². The summed E-state index contributed by atoms with van der Waals surface area (Å²) in [5.74, 6) is 0. The molecule has 6 aromatic carbocycles. The summed E-state index contributed by atoms with van der Waals surface area (Å²) in [7, 11) is 0. The third-order valence-corrected chi connectivity index (χ3v) is 8.80. The summed E-state index contributed by atoms with van der Waals surface area (Å²) in [5, 5.41) is 9.95. The van der Waals surface area contributed by atoms with Crippen molar-refractivity contribution in [2.24, 2.45) is 0 Å². The number of nitrogens with zero attached hydrogens (tertiary/aromatic N) is 3. The molecule has 0 aliphatic carbocycles. The number of benzene rings is 6. The highest BCUT2D eigenvalue weighted by Gasteiger charge is 2.17. The SMILES string of the molecule is c1ccc(-c2cc(-c3ccccn3)cc(-c3ccc4ccc5c(-c6cccc7cnccc67)ccc6ccc3c4c65)c2)nc1. The summed E-state index contributed by atoms with van der Waals surface area (Å²) in [6, 6.07) is 45.6. The molecule has 3 heteroatoms. The van der Waals surface area contributed by atoms with Gasteiger partial charge in [-0.15, -0.1) is 0 Å². The van der Waals surface area contributed by atoms with Crippen LogP contribution in [0.15, 0.2) is 152 Å². The lowest BCUT2D eigenvalue weighted by Gasteiger charge is -2.18. The third-order valence-electron chi connectivity index (χ3n) is 8.80. The molecule has 204 valence electrons. The molecule has 3 aromatic heterocycles. The molecule has 0 unspecified atom stereocenters. The van der Waals surface area contributed by atoms with Crippen LogP contribution in [0.1, 0.15) is 0 Å². The molecule has 0 aliphatic rings. The Labute approximate surface area is 254 Å². The van der Waals surface area contributed by atoms with Crippen LogP contribution >= 0.6 is 0 Å². The highest BCUT2D eigenvalue weighted by Crippen LogP contribution is 2.44. The average Bonchev–Trinajstić information content (AvgIpc) is 3.11. The Hall–Kier alpha value is -5.93. The Kier molecular flexibility index (Phi) is 5.50. The van der Waals surface area contributed by atoms with Crippen molar-refractivity contribution in [3.05, 3.63) is 152 Å². The van der Waals surface area contributed by atoms with Gasteiger partial charge >= 0.3 is 0 Å². The van der Waals surface area contributed by atoms with Crippen molar-refractivity contribution in [2.75, 3.05) is 0 Å². The Morgan fingerprint density at radius 3 is 1.61 bits per heavy atom. The van der Waals surface area contributed by atoms with Crippen molar-refractivity contribution in [3.63, 3.8) is 0 Å². The first-order chi connectivity index (χ1) is 21.8. The smallest absolute Gasteiger partial charge is 0.0702 e. The number of pyridine rings is 3. The van der Waals surface area contributed by atoms with Crippen LogP contribution in [0.25, 0.3) is 87.9 Å². The van der Waals surface area contributed by atoms with Crippen LogP contribution in [-0.2, 0) is 0 Å². The fraction of sp³-hybridized carbons (Fsp3) is 0. The maximum absolute atomic E-state index is 4.68. The summed E-state index contributed by atoms with van der Waals surface area (Å²) in [6.45, 7) is 0. The number of fused-ring (bicyclic) bond motifs is 1. The number of aromatic nitrogens is 3. The predicted octanol–water partition coefficient (Wildman–Crippen LogP) is 10.6. The molecular weight excluding hydrogens is 534 g/mol. The fourth-order valence-electron chi connectivity index (χ4n) is 6.79. The van der Waals surface area contributed by atoms with Crippen LogP contribution in [-0.4, -0.2) is 15.0 Å². The minimum absolute atomic E-state index is 0.944. The second-order valence-corrected chi connectivity index (χ2v) is 11.3. The van der Waals surface area contributed by atoms with E-state index in [1.165, 1.54) is 54.4 Å². The molecule has 3 nitrogen and oxygen atoms in total. The van der Waals surface area contributed by atoms with Gasteiger partial charge in [-0.3, -0.25) is 15.0 Å². The highest BCUT2D eigenvalue weighted by molar-refractivity contribution is 6.28. The van der Waals surface area contributed by atoms with E-state index in [1.54, 1.807) is 0 Å². The van der Waals surface area contributed by atoms with Gasteiger partial charge in [0, 0.05) is 41.3 Å². The molecule has 0 N–H and O–H groups in total. The molecule has 0 bridgehead atoms. The van der Waals surface area contributed by atoms with Gasteiger partial charge in [0.2, 0.25) is 0 Å². The van der Waals surface area contributed by atoms with Crippen molar-refractivity contribution in [1.29, 1.82) is 0 Å². The van der Waals surface area contributed by atoms with E-state index >= 15 is 0 Å². The molecule has 44 heavy (non-hydrogen) atoms. The molecule has 3 heterocycles. The Morgan fingerprint density at radius 1 is 0.364 bits per heavy atom. The Balaban J connectivity index is 1.32. The molecule has 0 atom stereocenters. The van der Waals surface area contributed by atoms with E-state index in [1.807, 2.05) is 49.1 Å². The van der Waals surface area contributed by atoms with Gasteiger partial charge in [-0.1, -0.05) is 78.9 Å². The van der Waals surface area contributed by atoms with Gasteiger partial charge in [-0.05, 0) is 108 Å². The van der Waals surface area contributed by atoms with Crippen LogP contribution in [0.5, 0.6) is 0 Å². The molecule has 0 aliphatic heterocycles. The molecule has 0 saturated heterocycles. The first-order valence-electron chi connectivity index (χ1n) is 14.8. The van der Waals surface area contributed by atoms with Crippen LogP contribution in [0.4, 0.5) is 0 Å². The van der Waals surface area contributed by atoms with Crippen molar-refractivity contribution in [2.45, 2.75) is 0 Å². The zero-order valence-corrected chi connectivity index (χ0v) is 23.8. The second-order valence-electron chi connectivity index (χ2n) is 11.3. The predicted molar refractivity (Wildman–Crippen MR) is 183 cm³/mol. The lowest BCUT2D eigenvalue weighted by molar-refractivity contribution is 1.31. The summed E-state index contributed by atoms with van der Waals surface area (Å²) < 4.78 is 0. The molecule has 0 radical (unpaired) electrons. The standard InChI is InChI=1S/C41H25N3/c1-3-19-43-38(8-1)30-22-29(23-31(24-30)39-9-2-4-20-44-39)32-14-10-26-13-17-37-35(15-11-27-12-16-36(32)40(26)41(27)37)34-7-5-6-28-25-42-21-18-33(28)34/h1-25H. The fourth-order valence-corrected chi connectivity index (χ4v) is 6.79. The summed E-state index contributed by atoms with van der Waals surface area (Å²) in [5.41, 5.74) is 8.84. The summed E-state index contributed by atoms with van der Waals surface area (Å²) in [6.07, 6.45) is 7.52. The van der Waals surface area contributed by atoms with Gasteiger partial charge in [-0.25, -0.2) is 0 Å².